The summed E-state index contributed by atoms with van der Waals surface area (Å²) in [4.78, 5) is 10.7. The van der Waals surface area contributed by atoms with E-state index in [1.807, 2.05) is 37.3 Å². The van der Waals surface area contributed by atoms with Gasteiger partial charge in [-0.2, -0.15) is 5.26 Å². The number of para-hydroxylation sites is 1. The molecular weight excluding hydrogens is 252 g/mol. The molecule has 4 nitrogen and oxygen atoms in total. The van der Waals surface area contributed by atoms with Crippen LogP contribution in [0.25, 0.3) is 0 Å². The molecule has 100 valence electrons. The Hall–Kier alpha value is -2.67. The molecular formula is C16H14N2O2. The van der Waals surface area contributed by atoms with Crippen LogP contribution in [-0.4, -0.2) is 0 Å². The standard InChI is InChI=1S/C16H14N2O2/c1-12-6-2-3-7-13(12)11-20-16-9-5-4-8-14(16)15(10-17)18-19/h2-9,15H,11H2,1H3. The SMILES string of the molecule is Cc1ccccc1COc1ccccc1C(C#N)N=O. The Balaban J connectivity index is 2.20. The van der Waals surface area contributed by atoms with Crippen molar-refractivity contribution in [2.75, 3.05) is 0 Å². The summed E-state index contributed by atoms with van der Waals surface area (Å²) < 4.78 is 5.74. The number of ether oxygens (including phenoxy) is 1. The maximum absolute atomic E-state index is 10.7. The van der Waals surface area contributed by atoms with E-state index in [0.717, 1.165) is 11.1 Å². The minimum absolute atomic E-state index is 0.390. The normalized spacial score (nSPS) is 11.4. The Morgan fingerprint density at radius 3 is 2.60 bits per heavy atom. The molecule has 0 bridgehead atoms. The average molecular weight is 266 g/mol. The van der Waals surface area contributed by atoms with Gasteiger partial charge in [0.15, 0.2) is 0 Å². The Bertz CT molecular complexity index is 647. The molecule has 1 unspecified atom stereocenters. The molecule has 0 amide bonds. The highest BCUT2D eigenvalue weighted by Crippen LogP contribution is 2.27. The van der Waals surface area contributed by atoms with E-state index in [1.54, 1.807) is 24.3 Å². The van der Waals surface area contributed by atoms with Crippen molar-refractivity contribution in [3.63, 3.8) is 0 Å². The van der Waals surface area contributed by atoms with Gasteiger partial charge in [-0.3, -0.25) is 0 Å². The van der Waals surface area contributed by atoms with Gasteiger partial charge >= 0.3 is 0 Å². The van der Waals surface area contributed by atoms with Crippen LogP contribution < -0.4 is 4.74 Å². The number of rotatable bonds is 5. The van der Waals surface area contributed by atoms with Crippen LogP contribution >= 0.6 is 0 Å². The van der Waals surface area contributed by atoms with Gasteiger partial charge in [0.05, 0.1) is 6.07 Å². The van der Waals surface area contributed by atoms with Crippen molar-refractivity contribution in [2.24, 2.45) is 5.18 Å². The molecule has 2 aromatic carbocycles. The highest BCUT2D eigenvalue weighted by Gasteiger charge is 2.15. The van der Waals surface area contributed by atoms with E-state index in [1.165, 1.54) is 0 Å². The number of hydrogen-bond donors (Lipinski definition) is 0. The largest absolute Gasteiger partial charge is 0.488 e. The molecule has 0 aromatic heterocycles. The van der Waals surface area contributed by atoms with E-state index in [9.17, 15) is 4.91 Å². The fourth-order valence-corrected chi connectivity index (χ4v) is 1.92. The summed E-state index contributed by atoms with van der Waals surface area (Å²) in [5, 5.41) is 11.8. The third-order valence-corrected chi connectivity index (χ3v) is 3.09. The molecule has 2 rings (SSSR count). The van der Waals surface area contributed by atoms with Crippen molar-refractivity contribution < 1.29 is 4.74 Å². The van der Waals surface area contributed by atoms with Gasteiger partial charge in [0.2, 0.25) is 6.04 Å². The molecule has 0 saturated heterocycles. The fraction of sp³-hybridized carbons (Fsp3) is 0.188. The molecule has 0 fully saturated rings. The molecule has 0 aliphatic carbocycles. The third kappa shape index (κ3) is 3.01. The third-order valence-electron chi connectivity index (χ3n) is 3.09. The lowest BCUT2D eigenvalue weighted by Crippen LogP contribution is -2.01. The molecule has 0 radical (unpaired) electrons. The van der Waals surface area contributed by atoms with Gasteiger partial charge in [0, 0.05) is 5.56 Å². The summed E-state index contributed by atoms with van der Waals surface area (Å²) in [5.41, 5.74) is 2.70. The predicted molar refractivity (Wildman–Crippen MR) is 76.1 cm³/mol. The van der Waals surface area contributed by atoms with Crippen LogP contribution in [0, 0.1) is 23.2 Å². The van der Waals surface area contributed by atoms with Crippen LogP contribution in [0.1, 0.15) is 22.7 Å². The Kier molecular flexibility index (Phi) is 4.46. The summed E-state index contributed by atoms with van der Waals surface area (Å²) in [6.07, 6.45) is 0. The van der Waals surface area contributed by atoms with Crippen molar-refractivity contribution in [3.8, 4) is 11.8 Å². The first kappa shape index (κ1) is 13.8. The van der Waals surface area contributed by atoms with E-state index in [0.29, 0.717) is 17.9 Å². The first-order valence-corrected chi connectivity index (χ1v) is 6.24. The maximum Gasteiger partial charge on any atom is 0.206 e. The van der Waals surface area contributed by atoms with E-state index in [-0.39, 0.29) is 0 Å². The number of nitriles is 1. The predicted octanol–water partition coefficient (Wildman–Crippen LogP) is 3.91. The second-order valence-corrected chi connectivity index (χ2v) is 4.39. The summed E-state index contributed by atoms with van der Waals surface area (Å²) in [5.74, 6) is 0.516. The summed E-state index contributed by atoms with van der Waals surface area (Å²) in [7, 11) is 0. The molecule has 20 heavy (non-hydrogen) atoms. The highest BCUT2D eigenvalue weighted by atomic mass is 16.5. The van der Waals surface area contributed by atoms with Gasteiger partial charge in [-0.25, -0.2) is 0 Å². The van der Waals surface area contributed by atoms with Crippen LogP contribution in [0.15, 0.2) is 53.7 Å². The molecule has 0 spiro atoms. The lowest BCUT2D eigenvalue weighted by atomic mass is 10.1. The molecule has 4 heteroatoms. The number of hydrogen-bond acceptors (Lipinski definition) is 4. The molecule has 0 heterocycles. The van der Waals surface area contributed by atoms with Crippen molar-refractivity contribution in [1.29, 1.82) is 5.26 Å². The van der Waals surface area contributed by atoms with E-state index >= 15 is 0 Å². The fourth-order valence-electron chi connectivity index (χ4n) is 1.92. The van der Waals surface area contributed by atoms with E-state index < -0.39 is 6.04 Å². The second-order valence-electron chi connectivity index (χ2n) is 4.39. The van der Waals surface area contributed by atoms with Gasteiger partial charge < -0.3 is 4.74 Å². The monoisotopic (exact) mass is 266 g/mol. The average Bonchev–Trinajstić information content (AvgIpc) is 2.49. The summed E-state index contributed by atoms with van der Waals surface area (Å²) in [6, 6.07) is 15.7. The zero-order valence-corrected chi connectivity index (χ0v) is 11.1. The minimum Gasteiger partial charge on any atom is -0.488 e. The number of nitroso groups, excluding NO2 is 1. The van der Waals surface area contributed by atoms with E-state index in [2.05, 4.69) is 5.18 Å². The van der Waals surface area contributed by atoms with Crippen LogP contribution in [0.2, 0.25) is 0 Å². The van der Waals surface area contributed by atoms with Gasteiger partial charge in [0.25, 0.3) is 0 Å². The number of aryl methyl sites for hydroxylation is 1. The second kappa shape index (κ2) is 6.48. The zero-order valence-electron chi connectivity index (χ0n) is 11.1. The van der Waals surface area contributed by atoms with E-state index in [4.69, 9.17) is 10.00 Å². The van der Waals surface area contributed by atoms with Gasteiger partial charge in [0.1, 0.15) is 12.4 Å². The van der Waals surface area contributed by atoms with Gasteiger partial charge in [-0.15, -0.1) is 4.91 Å². The maximum atomic E-state index is 10.7. The minimum atomic E-state index is -1.04. The van der Waals surface area contributed by atoms with Crippen molar-refractivity contribution >= 4 is 0 Å². The topological polar surface area (TPSA) is 62.4 Å². The highest BCUT2D eigenvalue weighted by molar-refractivity contribution is 5.39. The quantitative estimate of drug-likeness (QED) is 0.771. The van der Waals surface area contributed by atoms with Crippen molar-refractivity contribution in [3.05, 3.63) is 70.1 Å². The van der Waals surface area contributed by atoms with Crippen molar-refractivity contribution in [2.45, 2.75) is 19.6 Å². The lowest BCUT2D eigenvalue weighted by Gasteiger charge is -2.12. The number of nitrogens with zero attached hydrogens (tertiary/aromatic N) is 2. The Morgan fingerprint density at radius 2 is 1.90 bits per heavy atom. The van der Waals surface area contributed by atoms with Crippen LogP contribution in [0.3, 0.4) is 0 Å². The Morgan fingerprint density at radius 1 is 1.20 bits per heavy atom. The molecule has 0 N–H and O–H groups in total. The molecule has 0 saturated carbocycles. The summed E-state index contributed by atoms with van der Waals surface area (Å²) in [6.45, 7) is 2.40. The molecule has 2 aromatic rings. The first-order valence-electron chi connectivity index (χ1n) is 6.24. The zero-order chi connectivity index (χ0) is 14.4. The van der Waals surface area contributed by atoms with Crippen LogP contribution in [0.5, 0.6) is 5.75 Å². The van der Waals surface area contributed by atoms with Crippen molar-refractivity contribution in [1.82, 2.24) is 0 Å². The van der Waals surface area contributed by atoms with Crippen LogP contribution in [-0.2, 0) is 6.61 Å². The van der Waals surface area contributed by atoms with Crippen LogP contribution in [0.4, 0.5) is 0 Å². The van der Waals surface area contributed by atoms with Gasteiger partial charge in [-0.05, 0) is 29.3 Å². The summed E-state index contributed by atoms with van der Waals surface area (Å²) >= 11 is 0. The molecule has 0 aliphatic rings. The molecule has 0 aliphatic heterocycles. The first-order chi connectivity index (χ1) is 9.76. The smallest absolute Gasteiger partial charge is 0.206 e. The Labute approximate surface area is 117 Å². The molecule has 1 atom stereocenters. The van der Waals surface area contributed by atoms with Gasteiger partial charge in [-0.1, -0.05) is 42.5 Å². The lowest BCUT2D eigenvalue weighted by molar-refractivity contribution is 0.301. The number of benzene rings is 2.